The van der Waals surface area contributed by atoms with Crippen LogP contribution in [0.3, 0.4) is 0 Å². The Balaban J connectivity index is 1.92. The van der Waals surface area contributed by atoms with E-state index in [4.69, 9.17) is 0 Å². The monoisotopic (exact) mass is 529 g/mol. The number of benzene rings is 1. The summed E-state index contributed by atoms with van der Waals surface area (Å²) in [7, 11) is 0. The maximum atomic E-state index is 13.4. The molecule has 2 atom stereocenters. The molecule has 3 rings (SSSR count). The predicted octanol–water partition coefficient (Wildman–Crippen LogP) is 4.99. The van der Waals surface area contributed by atoms with E-state index in [1.165, 1.54) is 13.0 Å². The average Bonchev–Trinajstić information content (AvgIpc) is 3.24. The zero-order chi connectivity index (χ0) is 27.5. The first kappa shape index (κ1) is 27.7. The van der Waals surface area contributed by atoms with Crippen molar-refractivity contribution in [1.82, 2.24) is 10.3 Å². The summed E-state index contributed by atoms with van der Waals surface area (Å²) in [6.07, 6.45) is -5.73. The van der Waals surface area contributed by atoms with Crippen molar-refractivity contribution in [2.75, 3.05) is 0 Å². The summed E-state index contributed by atoms with van der Waals surface area (Å²) >= 11 is 0. The number of carbonyl (C=O) groups is 2. The summed E-state index contributed by atoms with van der Waals surface area (Å²) < 4.78 is 79.3. The number of alkyl halides is 6. The number of fused-ring (bicyclic) bond motifs is 1. The molecule has 7 nitrogen and oxygen atoms in total. The lowest BCUT2D eigenvalue weighted by atomic mass is 10.0. The molecule has 1 amide bonds. The SMILES string of the molecule is CC(/C=C\C(=CC(F)(F)F)NC(=O)c1c[nH]c2cccc(C(F)(F)F)c2c1=O)=NC1CCCC1C(=O)O. The first-order valence-corrected chi connectivity index (χ1v) is 10.9. The second kappa shape index (κ2) is 10.6. The van der Waals surface area contributed by atoms with Gasteiger partial charge in [0.25, 0.3) is 5.91 Å². The quantitative estimate of drug-likeness (QED) is 0.278. The molecule has 0 aliphatic heterocycles. The van der Waals surface area contributed by atoms with Crippen LogP contribution in [-0.2, 0) is 11.0 Å². The highest BCUT2D eigenvalue weighted by molar-refractivity contribution is 5.99. The third-order valence-electron chi connectivity index (χ3n) is 5.71. The van der Waals surface area contributed by atoms with Crippen molar-refractivity contribution in [3.05, 3.63) is 69.7 Å². The largest absolute Gasteiger partial charge is 0.481 e. The second-order valence-corrected chi connectivity index (χ2v) is 8.40. The van der Waals surface area contributed by atoms with Gasteiger partial charge in [-0.1, -0.05) is 12.5 Å². The third kappa shape index (κ3) is 6.86. The number of pyridine rings is 1. The number of hydrogen-bond acceptors (Lipinski definition) is 4. The van der Waals surface area contributed by atoms with E-state index in [1.807, 2.05) is 5.32 Å². The summed E-state index contributed by atoms with van der Waals surface area (Å²) in [5.41, 5.74) is -4.26. The molecule has 1 aromatic carbocycles. The van der Waals surface area contributed by atoms with Crippen molar-refractivity contribution >= 4 is 28.5 Å². The highest BCUT2D eigenvalue weighted by Crippen LogP contribution is 2.33. The molecule has 1 aromatic heterocycles. The fourth-order valence-corrected chi connectivity index (χ4v) is 4.07. The molecule has 3 N–H and O–H groups in total. The van der Waals surface area contributed by atoms with E-state index >= 15 is 0 Å². The van der Waals surface area contributed by atoms with Gasteiger partial charge in [-0.15, -0.1) is 0 Å². The Hall–Kier alpha value is -3.90. The molecule has 2 unspecified atom stereocenters. The fraction of sp³-hybridized carbons (Fsp3) is 0.333. The predicted molar refractivity (Wildman–Crippen MR) is 122 cm³/mol. The number of aromatic nitrogens is 1. The number of amides is 1. The van der Waals surface area contributed by atoms with Crippen LogP contribution in [0, 0.1) is 5.92 Å². The standard InChI is InChI=1S/C24H21F6N3O4/c1-12(32-17-6-2-4-14(17)22(36)37)8-9-13(10-23(25,26)27)33-21(35)15-11-31-18-7-3-5-16(24(28,29)30)19(18)20(15)34/h3,5,7-11,14,17H,2,4,6H2,1H3,(H,31,34)(H,33,35)(H,36,37)/b9-8-,13-10?,32-12?. The number of carboxylic acid groups (broad SMARTS) is 1. The zero-order valence-corrected chi connectivity index (χ0v) is 19.2. The number of nitrogens with one attached hydrogen (secondary N) is 2. The molecule has 0 saturated heterocycles. The molecular weight excluding hydrogens is 508 g/mol. The van der Waals surface area contributed by atoms with Crippen molar-refractivity contribution < 1.29 is 41.0 Å². The molecule has 2 aromatic rings. The van der Waals surface area contributed by atoms with Crippen molar-refractivity contribution in [3.63, 3.8) is 0 Å². The summed E-state index contributed by atoms with van der Waals surface area (Å²) in [4.78, 5) is 43.3. The van der Waals surface area contributed by atoms with E-state index in [1.54, 1.807) is 0 Å². The number of hydrogen-bond donors (Lipinski definition) is 3. The molecule has 1 aliphatic carbocycles. The summed E-state index contributed by atoms with van der Waals surface area (Å²) in [5.74, 6) is -3.10. The van der Waals surface area contributed by atoms with E-state index in [0.29, 0.717) is 25.3 Å². The molecular formula is C24H21F6N3O4. The van der Waals surface area contributed by atoms with Gasteiger partial charge in [-0.2, -0.15) is 26.3 Å². The lowest BCUT2D eigenvalue weighted by molar-refractivity contribution is -0.142. The fourth-order valence-electron chi connectivity index (χ4n) is 4.07. The molecule has 0 bridgehead atoms. The Morgan fingerprint density at radius 3 is 2.46 bits per heavy atom. The van der Waals surface area contributed by atoms with Gasteiger partial charge in [0.05, 0.1) is 22.9 Å². The van der Waals surface area contributed by atoms with E-state index < -0.39 is 63.8 Å². The lowest BCUT2D eigenvalue weighted by Crippen LogP contribution is -2.29. The normalized spacial score (nSPS) is 19.5. The van der Waals surface area contributed by atoms with E-state index in [2.05, 4.69) is 9.98 Å². The van der Waals surface area contributed by atoms with Crippen LogP contribution in [0.25, 0.3) is 10.9 Å². The van der Waals surface area contributed by atoms with Crippen LogP contribution in [0.2, 0.25) is 0 Å². The summed E-state index contributed by atoms with van der Waals surface area (Å²) in [5, 5.41) is 10.3. The lowest BCUT2D eigenvalue weighted by Gasteiger charge is -2.12. The number of allylic oxidation sites excluding steroid dienone is 3. The number of H-pyrrole nitrogens is 1. The first-order chi connectivity index (χ1) is 17.2. The summed E-state index contributed by atoms with van der Waals surface area (Å²) in [6, 6.07) is 2.35. The van der Waals surface area contributed by atoms with Crippen LogP contribution in [0.5, 0.6) is 0 Å². The van der Waals surface area contributed by atoms with Crippen LogP contribution in [0.15, 0.2) is 58.1 Å². The molecule has 1 fully saturated rings. The highest BCUT2D eigenvalue weighted by atomic mass is 19.4. The Morgan fingerprint density at radius 2 is 1.84 bits per heavy atom. The van der Waals surface area contributed by atoms with Gasteiger partial charge < -0.3 is 15.4 Å². The van der Waals surface area contributed by atoms with Crippen LogP contribution in [0.1, 0.15) is 42.1 Å². The molecule has 37 heavy (non-hydrogen) atoms. The molecule has 1 saturated carbocycles. The minimum absolute atomic E-state index is 0.193. The van der Waals surface area contributed by atoms with Gasteiger partial charge in [0.1, 0.15) is 5.56 Å². The third-order valence-corrected chi connectivity index (χ3v) is 5.71. The Morgan fingerprint density at radius 1 is 1.14 bits per heavy atom. The van der Waals surface area contributed by atoms with Crippen LogP contribution in [-0.4, -0.2) is 39.9 Å². The molecule has 0 radical (unpaired) electrons. The van der Waals surface area contributed by atoms with Gasteiger partial charge in [0.2, 0.25) is 5.43 Å². The number of rotatable bonds is 6. The van der Waals surface area contributed by atoms with E-state index in [9.17, 15) is 45.8 Å². The molecule has 1 heterocycles. The van der Waals surface area contributed by atoms with Gasteiger partial charge in [-0.05, 0) is 44.1 Å². The van der Waals surface area contributed by atoms with Crippen LogP contribution < -0.4 is 10.7 Å². The van der Waals surface area contributed by atoms with Gasteiger partial charge >= 0.3 is 18.3 Å². The number of carbonyl (C=O) groups excluding carboxylic acids is 1. The van der Waals surface area contributed by atoms with Crippen molar-refractivity contribution in [3.8, 4) is 0 Å². The number of halogens is 6. The maximum absolute atomic E-state index is 13.4. The number of carboxylic acids is 1. The van der Waals surface area contributed by atoms with E-state index in [-0.39, 0.29) is 17.3 Å². The van der Waals surface area contributed by atoms with Gasteiger partial charge in [-0.3, -0.25) is 19.4 Å². The first-order valence-electron chi connectivity index (χ1n) is 10.9. The number of aliphatic carboxylic acids is 1. The number of nitrogens with zero attached hydrogens (tertiary/aromatic N) is 1. The minimum atomic E-state index is -4.92. The van der Waals surface area contributed by atoms with Crippen LogP contribution in [0.4, 0.5) is 26.3 Å². The van der Waals surface area contributed by atoms with E-state index in [0.717, 1.165) is 24.4 Å². The number of aromatic amines is 1. The molecule has 0 spiro atoms. The Labute approximate surface area is 205 Å². The van der Waals surface area contributed by atoms with Crippen LogP contribution >= 0.6 is 0 Å². The average molecular weight is 529 g/mol. The van der Waals surface area contributed by atoms with Crippen molar-refractivity contribution in [2.45, 2.75) is 44.6 Å². The number of aliphatic imine (C=N–C) groups is 1. The maximum Gasteiger partial charge on any atom is 0.417 e. The Kier molecular flexibility index (Phi) is 7.94. The van der Waals surface area contributed by atoms with Gasteiger partial charge in [0.15, 0.2) is 0 Å². The van der Waals surface area contributed by atoms with Crippen molar-refractivity contribution in [2.24, 2.45) is 10.9 Å². The smallest absolute Gasteiger partial charge is 0.417 e. The Bertz CT molecular complexity index is 1350. The molecule has 1 aliphatic rings. The van der Waals surface area contributed by atoms with Gasteiger partial charge in [0, 0.05) is 29.2 Å². The van der Waals surface area contributed by atoms with Crippen molar-refractivity contribution in [1.29, 1.82) is 0 Å². The summed E-state index contributed by atoms with van der Waals surface area (Å²) in [6.45, 7) is 1.44. The molecule has 198 valence electrons. The van der Waals surface area contributed by atoms with Gasteiger partial charge in [-0.25, -0.2) is 0 Å². The zero-order valence-electron chi connectivity index (χ0n) is 19.2. The molecule has 13 heteroatoms. The highest BCUT2D eigenvalue weighted by Gasteiger charge is 2.34. The second-order valence-electron chi connectivity index (χ2n) is 8.40. The minimum Gasteiger partial charge on any atom is -0.481 e. The topological polar surface area (TPSA) is 112 Å².